The lowest BCUT2D eigenvalue weighted by molar-refractivity contribution is 0.183. The third kappa shape index (κ3) is 8.65. The fourth-order valence-electron chi connectivity index (χ4n) is 4.63. The fraction of sp³-hybridized carbons (Fsp3) is 0.538. The molecule has 0 radical (unpaired) electrons. The van der Waals surface area contributed by atoms with E-state index in [0.717, 1.165) is 50.8 Å². The Morgan fingerprint density at radius 3 is 1.40 bits per heavy atom. The summed E-state index contributed by atoms with van der Waals surface area (Å²) in [6, 6.07) is 14.4. The minimum Gasteiger partial charge on any atom is -0.755 e. The molecule has 0 spiro atoms. The molecular weight excluding hydrogens is 486 g/mol. The van der Waals surface area contributed by atoms with Crippen LogP contribution in [0.15, 0.2) is 48.5 Å². The molecule has 35 heavy (non-hydrogen) atoms. The van der Waals surface area contributed by atoms with Gasteiger partial charge in [0.05, 0.1) is 22.6 Å². The van der Waals surface area contributed by atoms with Crippen LogP contribution < -0.4 is 13.8 Å². The van der Waals surface area contributed by atoms with Crippen molar-refractivity contribution in [2.45, 2.75) is 38.5 Å². The molecule has 2 fully saturated rings. The van der Waals surface area contributed by atoms with Crippen molar-refractivity contribution in [2.24, 2.45) is 0 Å². The SMILES string of the molecule is Cl.O=S([O-])N(c1ccc(OCCN2CCCCC2)cc1)c1ccc(OCCN2CCCCC2)cc1. The number of anilines is 2. The van der Waals surface area contributed by atoms with Gasteiger partial charge in [0.2, 0.25) is 0 Å². The van der Waals surface area contributed by atoms with Crippen molar-refractivity contribution in [3.8, 4) is 11.5 Å². The maximum absolute atomic E-state index is 12.0. The van der Waals surface area contributed by atoms with Crippen molar-refractivity contribution in [1.29, 1.82) is 0 Å². The number of halogens is 1. The molecule has 2 aromatic rings. The minimum absolute atomic E-state index is 0. The molecule has 2 heterocycles. The van der Waals surface area contributed by atoms with Crippen LogP contribution in [-0.4, -0.2) is 71.0 Å². The lowest BCUT2D eigenvalue weighted by atomic mass is 10.1. The van der Waals surface area contributed by atoms with Crippen molar-refractivity contribution in [3.63, 3.8) is 0 Å². The maximum atomic E-state index is 12.0. The zero-order valence-electron chi connectivity index (χ0n) is 20.3. The third-order valence-electron chi connectivity index (χ3n) is 6.54. The Morgan fingerprint density at radius 2 is 1.06 bits per heavy atom. The maximum Gasteiger partial charge on any atom is 0.119 e. The molecule has 0 N–H and O–H groups in total. The number of rotatable bonds is 11. The molecule has 1 unspecified atom stereocenters. The zero-order valence-corrected chi connectivity index (χ0v) is 21.9. The van der Waals surface area contributed by atoms with Crippen molar-refractivity contribution in [2.75, 3.05) is 56.8 Å². The van der Waals surface area contributed by atoms with E-state index in [1.54, 1.807) is 24.3 Å². The first-order valence-corrected chi connectivity index (χ1v) is 13.5. The summed E-state index contributed by atoms with van der Waals surface area (Å²) in [6.07, 6.45) is 7.71. The summed E-state index contributed by atoms with van der Waals surface area (Å²) in [5, 5.41) is 0. The number of likely N-dealkylation sites (tertiary alicyclic amines) is 2. The van der Waals surface area contributed by atoms with Crippen LogP contribution in [0.5, 0.6) is 11.5 Å². The quantitative estimate of drug-likeness (QED) is 0.396. The summed E-state index contributed by atoms with van der Waals surface area (Å²) in [7, 11) is 0. The molecule has 2 aromatic carbocycles. The average molecular weight is 523 g/mol. The van der Waals surface area contributed by atoms with Crippen LogP contribution >= 0.6 is 12.4 Å². The summed E-state index contributed by atoms with van der Waals surface area (Å²) in [4.78, 5) is 4.86. The van der Waals surface area contributed by atoms with Crippen LogP contribution in [0, 0.1) is 0 Å². The van der Waals surface area contributed by atoms with Crippen LogP contribution in [0.1, 0.15) is 38.5 Å². The van der Waals surface area contributed by atoms with E-state index in [-0.39, 0.29) is 12.4 Å². The molecule has 0 bridgehead atoms. The topological polar surface area (TPSA) is 68.3 Å². The van der Waals surface area contributed by atoms with Crippen LogP contribution in [0.25, 0.3) is 0 Å². The van der Waals surface area contributed by atoms with Gasteiger partial charge in [-0.15, -0.1) is 12.4 Å². The lowest BCUT2D eigenvalue weighted by Crippen LogP contribution is -2.33. The Labute approximate surface area is 218 Å². The van der Waals surface area contributed by atoms with Gasteiger partial charge in [0.1, 0.15) is 24.7 Å². The van der Waals surface area contributed by atoms with Gasteiger partial charge in [0, 0.05) is 13.1 Å². The largest absolute Gasteiger partial charge is 0.755 e. The Balaban J connectivity index is 0.00000342. The van der Waals surface area contributed by atoms with Crippen LogP contribution in [0.2, 0.25) is 0 Å². The lowest BCUT2D eigenvalue weighted by Gasteiger charge is -2.27. The van der Waals surface area contributed by atoms with Crippen LogP contribution in [-0.2, 0) is 11.3 Å². The van der Waals surface area contributed by atoms with Gasteiger partial charge in [-0.05, 0) is 100 Å². The number of piperidine rings is 2. The predicted molar refractivity (Wildman–Crippen MR) is 143 cm³/mol. The molecule has 0 aliphatic carbocycles. The number of benzene rings is 2. The molecule has 194 valence electrons. The smallest absolute Gasteiger partial charge is 0.119 e. The molecule has 0 amide bonds. The Hall–Kier alpha value is -1.84. The predicted octanol–water partition coefficient (Wildman–Crippen LogP) is 4.77. The van der Waals surface area contributed by atoms with E-state index in [4.69, 9.17) is 9.47 Å². The van der Waals surface area contributed by atoms with E-state index in [9.17, 15) is 8.76 Å². The van der Waals surface area contributed by atoms with Gasteiger partial charge >= 0.3 is 0 Å². The molecule has 7 nitrogen and oxygen atoms in total. The van der Waals surface area contributed by atoms with E-state index in [2.05, 4.69) is 9.80 Å². The number of nitrogens with zero attached hydrogens (tertiary/aromatic N) is 3. The second kappa shape index (κ2) is 14.7. The molecule has 0 aromatic heterocycles. The molecule has 2 saturated heterocycles. The summed E-state index contributed by atoms with van der Waals surface area (Å²) in [6.45, 7) is 7.70. The van der Waals surface area contributed by atoms with E-state index in [1.165, 1.54) is 42.8 Å². The molecule has 2 aliphatic heterocycles. The first-order valence-electron chi connectivity index (χ1n) is 12.5. The summed E-state index contributed by atoms with van der Waals surface area (Å²) >= 11 is -2.45. The Bertz CT molecular complexity index is 821. The highest BCUT2D eigenvalue weighted by atomic mass is 35.5. The summed E-state index contributed by atoms with van der Waals surface area (Å²) in [5.41, 5.74) is 1.13. The Kier molecular flexibility index (Phi) is 11.6. The second-order valence-corrected chi connectivity index (χ2v) is 9.80. The molecule has 9 heteroatoms. The zero-order chi connectivity index (χ0) is 23.6. The summed E-state index contributed by atoms with van der Waals surface area (Å²) in [5.74, 6) is 1.49. The van der Waals surface area contributed by atoms with E-state index in [0.29, 0.717) is 24.6 Å². The number of ether oxygens (including phenoxy) is 2. The monoisotopic (exact) mass is 522 g/mol. The molecule has 4 rings (SSSR count). The van der Waals surface area contributed by atoms with Crippen LogP contribution in [0.3, 0.4) is 0 Å². The van der Waals surface area contributed by atoms with Gasteiger partial charge in [-0.2, -0.15) is 0 Å². The van der Waals surface area contributed by atoms with Gasteiger partial charge in [0.15, 0.2) is 0 Å². The molecule has 0 saturated carbocycles. The number of hydrogen-bond donors (Lipinski definition) is 0. The van der Waals surface area contributed by atoms with E-state index < -0.39 is 11.3 Å². The van der Waals surface area contributed by atoms with Crippen molar-refractivity contribution >= 4 is 35.0 Å². The first kappa shape index (κ1) is 27.7. The van der Waals surface area contributed by atoms with Crippen molar-refractivity contribution in [3.05, 3.63) is 48.5 Å². The van der Waals surface area contributed by atoms with Gasteiger partial charge in [-0.3, -0.25) is 18.3 Å². The van der Waals surface area contributed by atoms with Crippen molar-refractivity contribution < 1.29 is 18.2 Å². The standard InChI is InChI=1S/C26H37N3O4S.ClH/c30-34(31)29(23-7-11-25(12-8-23)32-21-19-27-15-3-1-4-16-27)24-9-13-26(14-10-24)33-22-20-28-17-5-2-6-18-28;/h7-14H,1-6,15-22H2,(H,30,31);1H/p-1. The molecule has 1 atom stereocenters. The van der Waals surface area contributed by atoms with Crippen LogP contribution in [0.4, 0.5) is 11.4 Å². The molecular formula is C26H37ClN3O4S-. The van der Waals surface area contributed by atoms with Gasteiger partial charge in [0.25, 0.3) is 0 Å². The Morgan fingerprint density at radius 1 is 0.686 bits per heavy atom. The third-order valence-corrected chi connectivity index (χ3v) is 7.26. The minimum atomic E-state index is -2.45. The van der Waals surface area contributed by atoms with E-state index >= 15 is 0 Å². The highest BCUT2D eigenvalue weighted by Crippen LogP contribution is 2.30. The van der Waals surface area contributed by atoms with E-state index in [1.807, 2.05) is 24.3 Å². The van der Waals surface area contributed by atoms with Gasteiger partial charge in [-0.25, -0.2) is 0 Å². The molecule has 2 aliphatic rings. The van der Waals surface area contributed by atoms with Crippen molar-refractivity contribution in [1.82, 2.24) is 9.80 Å². The highest BCUT2D eigenvalue weighted by molar-refractivity contribution is 7.81. The first-order chi connectivity index (χ1) is 16.7. The number of hydrogen-bond acceptors (Lipinski definition) is 6. The highest BCUT2D eigenvalue weighted by Gasteiger charge is 2.13. The van der Waals surface area contributed by atoms with Gasteiger partial charge < -0.3 is 14.0 Å². The van der Waals surface area contributed by atoms with Gasteiger partial charge in [-0.1, -0.05) is 12.8 Å². The fourth-order valence-corrected chi connectivity index (χ4v) is 5.22. The normalized spacial score (nSPS) is 17.9. The summed E-state index contributed by atoms with van der Waals surface area (Å²) < 4.78 is 37.1. The second-order valence-electron chi connectivity index (χ2n) is 9.00. The average Bonchev–Trinajstić information content (AvgIpc) is 2.87.